The monoisotopic (exact) mass is 331 g/mol. The number of hydrogen-bond donors (Lipinski definition) is 0. The maximum absolute atomic E-state index is 12.0. The van der Waals surface area contributed by atoms with Crippen LogP contribution in [-0.2, 0) is 17.7 Å². The molecule has 1 aliphatic heterocycles. The lowest BCUT2D eigenvalue weighted by Crippen LogP contribution is -2.32. The number of para-hydroxylation sites is 1. The number of anilines is 1. The highest BCUT2D eigenvalue weighted by molar-refractivity contribution is 7.11. The van der Waals surface area contributed by atoms with Crippen LogP contribution in [0.15, 0.2) is 36.5 Å². The molecule has 23 heavy (non-hydrogen) atoms. The Morgan fingerprint density at radius 2 is 2.17 bits per heavy atom. The van der Waals surface area contributed by atoms with Crippen molar-refractivity contribution in [2.24, 2.45) is 0 Å². The molecule has 1 aliphatic rings. The topological polar surface area (TPSA) is 45.7 Å². The molecule has 6 heteroatoms. The number of hydrogen-bond acceptors (Lipinski definition) is 5. The molecule has 1 atom stereocenters. The van der Waals surface area contributed by atoms with Crippen LogP contribution in [0.2, 0.25) is 0 Å². The van der Waals surface area contributed by atoms with Crippen molar-refractivity contribution in [3.63, 3.8) is 0 Å². The maximum Gasteiger partial charge on any atom is 0.414 e. The zero-order valence-electron chi connectivity index (χ0n) is 13.4. The van der Waals surface area contributed by atoms with Gasteiger partial charge in [0.2, 0.25) is 0 Å². The number of cyclic esters (lactones) is 1. The van der Waals surface area contributed by atoms with Crippen molar-refractivity contribution in [1.82, 2.24) is 9.88 Å². The lowest BCUT2D eigenvalue weighted by Gasteiger charge is -2.18. The first-order chi connectivity index (χ1) is 11.2. The Labute approximate surface area is 140 Å². The zero-order chi connectivity index (χ0) is 16.2. The average molecular weight is 331 g/mol. The van der Waals surface area contributed by atoms with Gasteiger partial charge in [-0.05, 0) is 25.6 Å². The molecule has 0 spiro atoms. The number of aryl methyl sites for hydroxylation is 1. The molecule has 2 heterocycles. The first kappa shape index (κ1) is 16.0. The molecule has 0 radical (unpaired) electrons. The summed E-state index contributed by atoms with van der Waals surface area (Å²) in [5.41, 5.74) is 0.887. The van der Waals surface area contributed by atoms with Crippen LogP contribution >= 0.6 is 11.3 Å². The second-order valence-corrected chi connectivity index (χ2v) is 6.92. The van der Waals surface area contributed by atoms with Crippen molar-refractivity contribution in [3.8, 4) is 0 Å². The molecule has 1 aromatic heterocycles. The molecule has 122 valence electrons. The summed E-state index contributed by atoms with van der Waals surface area (Å²) in [6, 6.07) is 9.65. The summed E-state index contributed by atoms with van der Waals surface area (Å²) in [5.74, 6) is 0. The van der Waals surface area contributed by atoms with Crippen molar-refractivity contribution in [3.05, 3.63) is 46.4 Å². The fourth-order valence-corrected chi connectivity index (χ4v) is 3.64. The molecule has 1 fully saturated rings. The van der Waals surface area contributed by atoms with Gasteiger partial charge in [0.15, 0.2) is 0 Å². The summed E-state index contributed by atoms with van der Waals surface area (Å²) in [6.45, 7) is 4.25. The summed E-state index contributed by atoms with van der Waals surface area (Å²) < 4.78 is 5.50. The average Bonchev–Trinajstić information content (AvgIpc) is 3.14. The Hall–Kier alpha value is -1.92. The number of amides is 1. The number of benzene rings is 1. The second kappa shape index (κ2) is 7.10. The van der Waals surface area contributed by atoms with Crippen LogP contribution in [0.1, 0.15) is 16.8 Å². The molecular weight excluding hydrogens is 310 g/mol. The standard InChI is InChI=1S/C17H21N3O2S/c1-3-16-18-9-15(23-16)12-19(2)10-14-11-20(17(21)22-14)13-7-5-4-6-8-13/h4-9,14H,3,10-12H2,1-2H3/t14-/m0/s1. The van der Waals surface area contributed by atoms with Gasteiger partial charge in [-0.2, -0.15) is 0 Å². The van der Waals surface area contributed by atoms with Crippen molar-refractivity contribution >= 4 is 23.1 Å². The smallest absolute Gasteiger partial charge is 0.414 e. The lowest BCUT2D eigenvalue weighted by atomic mass is 10.2. The number of nitrogens with zero attached hydrogens (tertiary/aromatic N) is 3. The first-order valence-electron chi connectivity index (χ1n) is 7.81. The summed E-state index contributed by atoms with van der Waals surface area (Å²) in [4.78, 5) is 21.5. The number of carbonyl (C=O) groups excluding carboxylic acids is 1. The predicted octanol–water partition coefficient (Wildman–Crippen LogP) is 3.16. The quantitative estimate of drug-likeness (QED) is 0.816. The molecule has 1 saturated heterocycles. The van der Waals surface area contributed by atoms with Gasteiger partial charge in [-0.1, -0.05) is 25.1 Å². The highest BCUT2D eigenvalue weighted by Crippen LogP contribution is 2.22. The molecule has 0 N–H and O–H groups in total. The van der Waals surface area contributed by atoms with Gasteiger partial charge in [-0.15, -0.1) is 11.3 Å². The van der Waals surface area contributed by atoms with Crippen molar-refractivity contribution in [2.45, 2.75) is 26.0 Å². The zero-order valence-corrected chi connectivity index (χ0v) is 14.3. The van der Waals surface area contributed by atoms with E-state index in [4.69, 9.17) is 4.74 Å². The Morgan fingerprint density at radius 3 is 2.87 bits per heavy atom. The molecule has 2 aromatic rings. The van der Waals surface area contributed by atoms with Crippen molar-refractivity contribution in [2.75, 3.05) is 25.0 Å². The fourth-order valence-electron chi connectivity index (χ4n) is 2.70. The number of rotatable bonds is 6. The van der Waals surface area contributed by atoms with Crippen LogP contribution in [0.5, 0.6) is 0 Å². The molecule has 0 bridgehead atoms. The van der Waals surface area contributed by atoms with Gasteiger partial charge in [-0.3, -0.25) is 9.80 Å². The van der Waals surface area contributed by atoms with Gasteiger partial charge in [0.1, 0.15) is 6.10 Å². The summed E-state index contributed by atoms with van der Waals surface area (Å²) in [7, 11) is 2.05. The maximum atomic E-state index is 12.0. The number of thiazole rings is 1. The Kier molecular flexibility index (Phi) is 4.93. The molecule has 1 amide bonds. The SMILES string of the molecule is CCc1ncc(CN(C)C[C@H]2CN(c3ccccc3)C(=O)O2)s1. The number of likely N-dealkylation sites (N-methyl/N-ethyl adjacent to an activating group) is 1. The van der Waals surface area contributed by atoms with Crippen LogP contribution in [0.3, 0.4) is 0 Å². The second-order valence-electron chi connectivity index (χ2n) is 5.72. The van der Waals surface area contributed by atoms with Crippen molar-refractivity contribution in [1.29, 1.82) is 0 Å². The molecule has 5 nitrogen and oxygen atoms in total. The van der Waals surface area contributed by atoms with Crippen LogP contribution in [-0.4, -0.2) is 42.2 Å². The lowest BCUT2D eigenvalue weighted by molar-refractivity contribution is 0.115. The van der Waals surface area contributed by atoms with E-state index in [1.54, 1.807) is 16.2 Å². The van der Waals surface area contributed by atoms with Gasteiger partial charge in [-0.25, -0.2) is 9.78 Å². The minimum absolute atomic E-state index is 0.105. The van der Waals surface area contributed by atoms with E-state index in [1.807, 2.05) is 43.6 Å². The van der Waals surface area contributed by atoms with E-state index in [0.717, 1.165) is 23.7 Å². The van der Waals surface area contributed by atoms with Gasteiger partial charge < -0.3 is 4.74 Å². The van der Waals surface area contributed by atoms with E-state index in [0.29, 0.717) is 13.1 Å². The summed E-state index contributed by atoms with van der Waals surface area (Å²) in [6.07, 6.45) is 2.55. The van der Waals surface area contributed by atoms with Crippen LogP contribution < -0.4 is 4.90 Å². The van der Waals surface area contributed by atoms with E-state index in [1.165, 1.54) is 4.88 Å². The molecule has 0 saturated carbocycles. The van der Waals surface area contributed by atoms with Gasteiger partial charge in [0.05, 0.1) is 11.6 Å². The minimum Gasteiger partial charge on any atom is -0.443 e. The number of ether oxygens (including phenoxy) is 1. The van der Waals surface area contributed by atoms with E-state index in [9.17, 15) is 4.79 Å². The Morgan fingerprint density at radius 1 is 1.39 bits per heavy atom. The predicted molar refractivity (Wildman–Crippen MR) is 91.9 cm³/mol. The van der Waals surface area contributed by atoms with Crippen molar-refractivity contribution < 1.29 is 9.53 Å². The van der Waals surface area contributed by atoms with E-state index in [2.05, 4.69) is 16.8 Å². The first-order valence-corrected chi connectivity index (χ1v) is 8.62. The fraction of sp³-hybridized carbons (Fsp3) is 0.412. The molecular formula is C17H21N3O2S. The van der Waals surface area contributed by atoms with Crippen LogP contribution in [0, 0.1) is 0 Å². The van der Waals surface area contributed by atoms with Gasteiger partial charge >= 0.3 is 6.09 Å². The third-order valence-corrected chi connectivity index (χ3v) is 4.91. The summed E-state index contributed by atoms with van der Waals surface area (Å²) >= 11 is 1.75. The van der Waals surface area contributed by atoms with Crippen LogP contribution in [0.4, 0.5) is 10.5 Å². The van der Waals surface area contributed by atoms with Gasteiger partial charge in [0, 0.05) is 29.9 Å². The Balaban J connectivity index is 1.55. The van der Waals surface area contributed by atoms with E-state index >= 15 is 0 Å². The molecule has 3 rings (SSSR count). The highest BCUT2D eigenvalue weighted by atomic mass is 32.1. The minimum atomic E-state index is -0.263. The molecule has 1 aromatic carbocycles. The molecule has 0 unspecified atom stereocenters. The van der Waals surface area contributed by atoms with E-state index in [-0.39, 0.29) is 12.2 Å². The summed E-state index contributed by atoms with van der Waals surface area (Å²) in [5, 5.41) is 1.16. The highest BCUT2D eigenvalue weighted by Gasteiger charge is 2.32. The third kappa shape index (κ3) is 3.89. The number of carbonyl (C=O) groups is 1. The normalized spacial score (nSPS) is 17.8. The third-order valence-electron chi connectivity index (χ3n) is 3.79. The van der Waals surface area contributed by atoms with Gasteiger partial charge in [0.25, 0.3) is 0 Å². The molecule has 0 aliphatic carbocycles. The van der Waals surface area contributed by atoms with E-state index < -0.39 is 0 Å². The largest absolute Gasteiger partial charge is 0.443 e. The Bertz CT molecular complexity index is 659. The number of aromatic nitrogens is 1. The van der Waals surface area contributed by atoms with Crippen LogP contribution in [0.25, 0.3) is 0 Å².